The second-order valence-electron chi connectivity index (χ2n) is 10.8. The van der Waals surface area contributed by atoms with Gasteiger partial charge in [-0.2, -0.15) is 9.57 Å². The highest BCUT2D eigenvalue weighted by atomic mass is 32.2. The number of nitrogens with zero attached hydrogens (tertiary/aromatic N) is 6. The topological polar surface area (TPSA) is 120 Å². The van der Waals surface area contributed by atoms with E-state index in [1.54, 1.807) is 12.1 Å². The van der Waals surface area contributed by atoms with Crippen LogP contribution in [0.25, 0.3) is 22.2 Å². The molecule has 2 aromatic heterocycles. The number of sulfonamides is 1. The number of carbonyl (C=O) groups excluding carboxylic acids is 1. The summed E-state index contributed by atoms with van der Waals surface area (Å²) in [5, 5.41) is 11.0. The highest BCUT2D eigenvalue weighted by molar-refractivity contribution is 7.89. The Morgan fingerprint density at radius 3 is 2.40 bits per heavy atom. The fraction of sp³-hybridized carbons (Fsp3) is 0.355. The maximum atomic E-state index is 15.9. The lowest BCUT2D eigenvalue weighted by atomic mass is 10.0. The molecular formula is C31H32F2N6O4S2. The third-order valence-corrected chi connectivity index (χ3v) is 10.4. The molecule has 0 unspecified atom stereocenters. The van der Waals surface area contributed by atoms with Gasteiger partial charge in [-0.05, 0) is 55.3 Å². The standard InChI is InChI=1S/C31H32F2N6O4S2/c1-5-39(31-36-29(27(17-34)44-31)20-6-8-21(32)9-7-20)26-16-25(19(2)3)35-30-23(26)14-22(15-24(30)33)37-10-12-38(13-11-37)45(41,42)18-28(40)43-4/h6-9,14-16,19H,5,10-13,18H2,1-4H3. The van der Waals surface area contributed by atoms with E-state index in [0.29, 0.717) is 50.3 Å². The van der Waals surface area contributed by atoms with Crippen LogP contribution in [0.15, 0.2) is 42.5 Å². The van der Waals surface area contributed by atoms with Crippen molar-refractivity contribution in [1.82, 2.24) is 14.3 Å². The van der Waals surface area contributed by atoms with Crippen LogP contribution in [-0.4, -0.2) is 74.2 Å². The van der Waals surface area contributed by atoms with Crippen molar-refractivity contribution in [3.05, 3.63) is 64.7 Å². The number of methoxy groups -OCH3 is 1. The minimum absolute atomic E-state index is 0.00769. The number of rotatable bonds is 9. The molecule has 0 amide bonds. The number of halogens is 2. The van der Waals surface area contributed by atoms with E-state index in [0.717, 1.165) is 7.11 Å². The Hall–Kier alpha value is -4.19. The Kier molecular flexibility index (Phi) is 9.33. The van der Waals surface area contributed by atoms with E-state index in [2.05, 4.69) is 15.8 Å². The zero-order valence-corrected chi connectivity index (χ0v) is 26.9. The molecule has 45 heavy (non-hydrogen) atoms. The Balaban J connectivity index is 1.55. The minimum Gasteiger partial charge on any atom is -0.468 e. The fourth-order valence-corrected chi connectivity index (χ4v) is 7.49. The highest BCUT2D eigenvalue weighted by Crippen LogP contribution is 2.41. The summed E-state index contributed by atoms with van der Waals surface area (Å²) >= 11 is 1.19. The van der Waals surface area contributed by atoms with E-state index in [-0.39, 0.29) is 37.6 Å². The van der Waals surface area contributed by atoms with Crippen LogP contribution in [0.1, 0.15) is 37.3 Å². The van der Waals surface area contributed by atoms with Crippen LogP contribution in [-0.2, 0) is 19.6 Å². The van der Waals surface area contributed by atoms with Gasteiger partial charge in [-0.25, -0.2) is 27.2 Å². The predicted molar refractivity (Wildman–Crippen MR) is 170 cm³/mol. The molecule has 1 aliphatic rings. The van der Waals surface area contributed by atoms with Gasteiger partial charge < -0.3 is 14.5 Å². The highest BCUT2D eigenvalue weighted by Gasteiger charge is 2.30. The van der Waals surface area contributed by atoms with Gasteiger partial charge in [0.15, 0.2) is 16.7 Å². The molecule has 0 spiro atoms. The average Bonchev–Trinajstić information content (AvgIpc) is 3.45. The van der Waals surface area contributed by atoms with Crippen LogP contribution in [0.3, 0.4) is 0 Å². The maximum absolute atomic E-state index is 15.9. The van der Waals surface area contributed by atoms with Gasteiger partial charge in [0.1, 0.15) is 28.0 Å². The number of esters is 1. The SMILES string of the molecule is CCN(c1nc(-c2ccc(F)cc2)c(C#N)s1)c1cc(C(C)C)nc2c(F)cc(N3CCN(S(=O)(=O)CC(=O)OC)CC3)cc12. The van der Waals surface area contributed by atoms with Gasteiger partial charge in [0.05, 0.1) is 12.8 Å². The third kappa shape index (κ3) is 6.61. The molecule has 236 valence electrons. The van der Waals surface area contributed by atoms with Crippen LogP contribution in [0.4, 0.5) is 25.3 Å². The summed E-state index contributed by atoms with van der Waals surface area (Å²) in [7, 11) is -2.70. The Labute approximate surface area is 264 Å². The van der Waals surface area contributed by atoms with E-state index < -0.39 is 33.4 Å². The van der Waals surface area contributed by atoms with Gasteiger partial charge >= 0.3 is 5.97 Å². The van der Waals surface area contributed by atoms with Crippen molar-refractivity contribution >= 4 is 54.7 Å². The van der Waals surface area contributed by atoms with Crippen molar-refractivity contribution in [3.63, 3.8) is 0 Å². The Morgan fingerprint density at radius 2 is 1.80 bits per heavy atom. The van der Waals surface area contributed by atoms with Crippen molar-refractivity contribution in [2.45, 2.75) is 26.7 Å². The van der Waals surface area contributed by atoms with Gasteiger partial charge in [-0.1, -0.05) is 25.2 Å². The molecule has 0 atom stereocenters. The molecule has 1 aliphatic heterocycles. The largest absolute Gasteiger partial charge is 0.468 e. The first-order valence-electron chi connectivity index (χ1n) is 14.3. The Bertz CT molecular complexity index is 1880. The first kappa shape index (κ1) is 32.2. The number of hydrogen-bond donors (Lipinski definition) is 0. The zero-order chi connectivity index (χ0) is 32.5. The zero-order valence-electron chi connectivity index (χ0n) is 25.3. The normalized spacial score (nSPS) is 14.1. The van der Waals surface area contributed by atoms with Crippen molar-refractivity contribution in [2.75, 3.05) is 55.4 Å². The summed E-state index contributed by atoms with van der Waals surface area (Å²) in [5.41, 5.74) is 3.14. The molecule has 10 nitrogen and oxygen atoms in total. The second-order valence-corrected chi connectivity index (χ2v) is 13.7. The number of benzene rings is 2. The molecule has 0 aliphatic carbocycles. The number of pyridine rings is 1. The number of piperazine rings is 1. The smallest absolute Gasteiger partial charge is 0.322 e. The lowest BCUT2D eigenvalue weighted by Gasteiger charge is -2.35. The number of nitriles is 1. The molecule has 0 radical (unpaired) electrons. The summed E-state index contributed by atoms with van der Waals surface area (Å²) in [4.78, 5) is 25.2. The van der Waals surface area contributed by atoms with E-state index in [1.165, 1.54) is 33.8 Å². The van der Waals surface area contributed by atoms with Gasteiger partial charge in [0, 0.05) is 55.1 Å². The number of fused-ring (bicyclic) bond motifs is 1. The summed E-state index contributed by atoms with van der Waals surface area (Å²) in [5.74, 6) is -2.49. The van der Waals surface area contributed by atoms with E-state index >= 15 is 4.39 Å². The number of ether oxygens (including phenoxy) is 1. The minimum atomic E-state index is -3.84. The molecule has 14 heteroatoms. The summed E-state index contributed by atoms with van der Waals surface area (Å²) in [6, 6.07) is 13.1. The molecular weight excluding hydrogens is 623 g/mol. The molecule has 0 saturated carbocycles. The maximum Gasteiger partial charge on any atom is 0.322 e. The molecule has 1 saturated heterocycles. The number of hydrogen-bond acceptors (Lipinski definition) is 10. The molecule has 3 heterocycles. The monoisotopic (exact) mass is 654 g/mol. The van der Waals surface area contributed by atoms with Crippen molar-refractivity contribution < 1.29 is 26.7 Å². The van der Waals surface area contributed by atoms with Crippen LogP contribution >= 0.6 is 11.3 Å². The lowest BCUT2D eigenvalue weighted by molar-refractivity contribution is -0.137. The second kappa shape index (κ2) is 13.0. The molecule has 0 bridgehead atoms. The van der Waals surface area contributed by atoms with Gasteiger partial charge in [-0.3, -0.25) is 4.79 Å². The predicted octanol–water partition coefficient (Wildman–Crippen LogP) is 5.41. The first-order chi connectivity index (χ1) is 21.4. The fourth-order valence-electron chi connectivity index (χ4n) is 5.21. The Morgan fingerprint density at radius 1 is 1.11 bits per heavy atom. The number of aromatic nitrogens is 2. The molecule has 4 aromatic rings. The van der Waals surface area contributed by atoms with Crippen LogP contribution in [0.2, 0.25) is 0 Å². The summed E-state index contributed by atoms with van der Waals surface area (Å²) in [6.07, 6.45) is 0. The van der Waals surface area contributed by atoms with Crippen molar-refractivity contribution in [3.8, 4) is 17.3 Å². The number of carbonyl (C=O) groups is 1. The van der Waals surface area contributed by atoms with Crippen molar-refractivity contribution in [1.29, 1.82) is 5.26 Å². The number of thiazole rings is 1. The van der Waals surface area contributed by atoms with Gasteiger partial charge in [-0.15, -0.1) is 0 Å². The molecule has 0 N–H and O–H groups in total. The van der Waals surface area contributed by atoms with E-state index in [9.17, 15) is 22.9 Å². The lowest BCUT2D eigenvalue weighted by Crippen LogP contribution is -2.50. The van der Waals surface area contributed by atoms with Crippen LogP contribution < -0.4 is 9.80 Å². The molecule has 2 aromatic carbocycles. The van der Waals surface area contributed by atoms with Gasteiger partial charge in [0.2, 0.25) is 10.0 Å². The van der Waals surface area contributed by atoms with Crippen molar-refractivity contribution in [2.24, 2.45) is 0 Å². The summed E-state index contributed by atoms with van der Waals surface area (Å²) < 4.78 is 60.5. The third-order valence-electron chi connectivity index (χ3n) is 7.64. The van der Waals surface area contributed by atoms with Crippen LogP contribution in [0.5, 0.6) is 0 Å². The average molecular weight is 655 g/mol. The molecule has 5 rings (SSSR count). The first-order valence-corrected chi connectivity index (χ1v) is 16.8. The molecule has 1 fully saturated rings. The number of anilines is 3. The van der Waals surface area contributed by atoms with Gasteiger partial charge in [0.25, 0.3) is 0 Å². The van der Waals surface area contributed by atoms with Crippen LogP contribution in [0, 0.1) is 23.0 Å². The van der Waals surface area contributed by atoms with E-state index in [4.69, 9.17) is 4.98 Å². The van der Waals surface area contributed by atoms with E-state index in [1.807, 2.05) is 42.7 Å². The summed E-state index contributed by atoms with van der Waals surface area (Å²) in [6.45, 7) is 7.14. The quantitative estimate of drug-likeness (QED) is 0.218.